The molecule has 0 amide bonds. The molecule has 0 radical (unpaired) electrons. The fraction of sp³-hybridized carbons (Fsp3) is 0.444. The van der Waals surface area contributed by atoms with E-state index in [-0.39, 0.29) is 0 Å². The van der Waals surface area contributed by atoms with Gasteiger partial charge in [0.25, 0.3) is 0 Å². The highest BCUT2D eigenvalue weighted by atomic mass is 32.1. The lowest BCUT2D eigenvalue weighted by atomic mass is 9.93. The van der Waals surface area contributed by atoms with E-state index in [0.29, 0.717) is 18.7 Å². The largest absolute Gasteiger partial charge is 0.492 e. The third-order valence-electron chi connectivity index (χ3n) is 4.06. The normalized spacial score (nSPS) is 19.0. The molecule has 0 spiro atoms. The van der Waals surface area contributed by atoms with Crippen LogP contribution in [0.1, 0.15) is 41.8 Å². The van der Waals surface area contributed by atoms with Crippen LogP contribution in [0.5, 0.6) is 5.75 Å². The predicted octanol–water partition coefficient (Wildman–Crippen LogP) is 4.49. The van der Waals surface area contributed by atoms with Crippen molar-refractivity contribution in [2.45, 2.75) is 45.2 Å². The number of nitrogens with one attached hydrogen (secondary N) is 1. The van der Waals surface area contributed by atoms with Crippen molar-refractivity contribution in [1.82, 2.24) is 5.32 Å². The Labute approximate surface area is 131 Å². The van der Waals surface area contributed by atoms with Crippen LogP contribution in [-0.2, 0) is 6.42 Å². The third kappa shape index (κ3) is 3.66. The van der Waals surface area contributed by atoms with Gasteiger partial charge in [0, 0.05) is 17.0 Å². The van der Waals surface area contributed by atoms with E-state index in [9.17, 15) is 0 Å². The summed E-state index contributed by atoms with van der Waals surface area (Å²) in [5.41, 5.74) is 2.77. The highest BCUT2D eigenvalue weighted by Crippen LogP contribution is 2.33. The van der Waals surface area contributed by atoms with E-state index in [2.05, 4.69) is 42.7 Å². The van der Waals surface area contributed by atoms with Gasteiger partial charge in [-0.05, 0) is 62.3 Å². The minimum atomic E-state index is 0.349. The van der Waals surface area contributed by atoms with E-state index in [1.807, 2.05) is 23.5 Å². The first kappa shape index (κ1) is 14.6. The fourth-order valence-electron chi connectivity index (χ4n) is 2.91. The summed E-state index contributed by atoms with van der Waals surface area (Å²) in [4.78, 5) is 1.56. The lowest BCUT2D eigenvalue weighted by Crippen LogP contribution is -2.36. The van der Waals surface area contributed by atoms with Crippen LogP contribution in [0.2, 0.25) is 0 Å². The Morgan fingerprint density at radius 3 is 2.90 bits per heavy atom. The first-order valence-electron chi connectivity index (χ1n) is 7.74. The number of fused-ring (bicyclic) bond motifs is 1. The number of ether oxygens (including phenoxy) is 1. The van der Waals surface area contributed by atoms with E-state index in [1.54, 1.807) is 4.88 Å². The minimum Gasteiger partial charge on any atom is -0.492 e. The van der Waals surface area contributed by atoms with Crippen LogP contribution in [0.25, 0.3) is 0 Å². The van der Waals surface area contributed by atoms with Gasteiger partial charge in [-0.3, -0.25) is 0 Å². The van der Waals surface area contributed by atoms with Crippen molar-refractivity contribution in [3.8, 4) is 5.75 Å². The summed E-state index contributed by atoms with van der Waals surface area (Å²) in [5, 5.41) is 5.94. The Morgan fingerprint density at radius 2 is 2.10 bits per heavy atom. The van der Waals surface area contributed by atoms with Gasteiger partial charge in [-0.1, -0.05) is 17.7 Å². The van der Waals surface area contributed by atoms with Crippen molar-refractivity contribution in [1.29, 1.82) is 0 Å². The van der Waals surface area contributed by atoms with E-state index in [4.69, 9.17) is 4.74 Å². The number of thiophene rings is 1. The lowest BCUT2D eigenvalue weighted by molar-refractivity contribution is 0.256. The Bertz CT molecular complexity index is 575. The molecule has 0 saturated heterocycles. The van der Waals surface area contributed by atoms with Crippen molar-refractivity contribution >= 4 is 11.3 Å². The van der Waals surface area contributed by atoms with E-state index in [0.717, 1.165) is 5.75 Å². The maximum atomic E-state index is 5.87. The van der Waals surface area contributed by atoms with Crippen molar-refractivity contribution in [2.75, 3.05) is 6.61 Å². The van der Waals surface area contributed by atoms with Gasteiger partial charge >= 0.3 is 0 Å². The van der Waals surface area contributed by atoms with Crippen LogP contribution in [0, 0.1) is 6.92 Å². The van der Waals surface area contributed by atoms with Crippen LogP contribution < -0.4 is 10.1 Å². The first-order valence-corrected chi connectivity index (χ1v) is 8.62. The van der Waals surface area contributed by atoms with Crippen LogP contribution in [0.15, 0.2) is 35.7 Å². The average Bonchev–Trinajstić information content (AvgIpc) is 2.96. The van der Waals surface area contributed by atoms with Gasteiger partial charge in [-0.15, -0.1) is 11.3 Å². The third-order valence-corrected chi connectivity index (χ3v) is 5.06. The highest BCUT2D eigenvalue weighted by Gasteiger charge is 2.22. The molecular formula is C18H23NOS. The Kier molecular flexibility index (Phi) is 4.61. The van der Waals surface area contributed by atoms with Gasteiger partial charge in [-0.2, -0.15) is 0 Å². The molecule has 1 N–H and O–H groups in total. The van der Waals surface area contributed by atoms with E-state index >= 15 is 0 Å². The molecule has 0 fully saturated rings. The van der Waals surface area contributed by atoms with Crippen molar-refractivity contribution < 1.29 is 4.74 Å². The zero-order valence-corrected chi connectivity index (χ0v) is 13.6. The lowest BCUT2D eigenvalue weighted by Gasteiger charge is -2.27. The molecule has 21 heavy (non-hydrogen) atoms. The molecular weight excluding hydrogens is 278 g/mol. The second-order valence-electron chi connectivity index (χ2n) is 5.94. The maximum absolute atomic E-state index is 5.87. The molecule has 1 aromatic heterocycles. The number of hydrogen-bond acceptors (Lipinski definition) is 3. The molecule has 1 aliphatic rings. The number of hydrogen-bond donors (Lipinski definition) is 1. The number of rotatable bonds is 5. The smallest absolute Gasteiger partial charge is 0.119 e. The zero-order valence-electron chi connectivity index (χ0n) is 12.8. The molecule has 2 unspecified atom stereocenters. The standard InChI is InChI=1S/C18H23NOS/c1-13-6-8-15(9-7-13)20-12-14(2)19-17-4-3-5-18-16(17)10-11-21-18/h6-11,14,17,19H,3-5,12H2,1-2H3. The molecule has 1 heterocycles. The van der Waals surface area contributed by atoms with E-state index in [1.165, 1.54) is 30.4 Å². The molecule has 2 aromatic rings. The summed E-state index contributed by atoms with van der Waals surface area (Å²) in [6.45, 7) is 5.00. The average molecular weight is 301 g/mol. The zero-order chi connectivity index (χ0) is 14.7. The maximum Gasteiger partial charge on any atom is 0.119 e. The summed E-state index contributed by atoms with van der Waals surface area (Å²) < 4.78 is 5.87. The first-order chi connectivity index (χ1) is 10.2. The second kappa shape index (κ2) is 6.63. The van der Waals surface area contributed by atoms with Crippen LogP contribution >= 0.6 is 11.3 Å². The molecule has 0 aliphatic heterocycles. The predicted molar refractivity (Wildman–Crippen MR) is 89.3 cm³/mol. The number of aryl methyl sites for hydroxylation is 2. The minimum absolute atomic E-state index is 0.349. The molecule has 3 rings (SSSR count). The van der Waals surface area contributed by atoms with Crippen molar-refractivity contribution in [3.05, 3.63) is 51.7 Å². The van der Waals surface area contributed by atoms with Crippen LogP contribution in [0.4, 0.5) is 0 Å². The molecule has 2 atom stereocenters. The van der Waals surface area contributed by atoms with Crippen molar-refractivity contribution in [2.24, 2.45) is 0 Å². The highest BCUT2D eigenvalue weighted by molar-refractivity contribution is 7.10. The van der Waals surface area contributed by atoms with Gasteiger partial charge in [0.15, 0.2) is 0 Å². The summed E-state index contributed by atoms with van der Waals surface area (Å²) in [6.07, 6.45) is 3.77. The Hall–Kier alpha value is -1.32. The Balaban J connectivity index is 1.53. The van der Waals surface area contributed by atoms with Crippen molar-refractivity contribution in [3.63, 3.8) is 0 Å². The molecule has 0 bridgehead atoms. The molecule has 112 valence electrons. The molecule has 2 nitrogen and oxygen atoms in total. The van der Waals surface area contributed by atoms with Crippen LogP contribution in [-0.4, -0.2) is 12.6 Å². The van der Waals surface area contributed by atoms with Gasteiger partial charge in [0.05, 0.1) is 0 Å². The molecule has 3 heteroatoms. The number of benzene rings is 1. The summed E-state index contributed by atoms with van der Waals surface area (Å²) >= 11 is 1.90. The second-order valence-corrected chi connectivity index (χ2v) is 6.94. The molecule has 0 saturated carbocycles. The van der Waals surface area contributed by atoms with Gasteiger partial charge < -0.3 is 10.1 Å². The van der Waals surface area contributed by atoms with Gasteiger partial charge in [0.2, 0.25) is 0 Å². The molecule has 1 aliphatic carbocycles. The topological polar surface area (TPSA) is 21.3 Å². The van der Waals surface area contributed by atoms with E-state index < -0.39 is 0 Å². The quantitative estimate of drug-likeness (QED) is 0.878. The van der Waals surface area contributed by atoms with Crippen LogP contribution in [0.3, 0.4) is 0 Å². The van der Waals surface area contributed by atoms with Gasteiger partial charge in [0.1, 0.15) is 12.4 Å². The summed E-state index contributed by atoms with van der Waals surface area (Å²) in [5.74, 6) is 0.953. The fourth-order valence-corrected chi connectivity index (χ4v) is 3.89. The molecule has 1 aromatic carbocycles. The Morgan fingerprint density at radius 1 is 1.29 bits per heavy atom. The van der Waals surface area contributed by atoms with Gasteiger partial charge in [-0.25, -0.2) is 0 Å². The summed E-state index contributed by atoms with van der Waals surface area (Å²) in [6, 6.07) is 11.4. The summed E-state index contributed by atoms with van der Waals surface area (Å²) in [7, 11) is 0. The monoisotopic (exact) mass is 301 g/mol. The SMILES string of the molecule is Cc1ccc(OCC(C)NC2CCCc3sccc32)cc1.